The highest BCUT2D eigenvalue weighted by molar-refractivity contribution is 8.00. The lowest BCUT2D eigenvalue weighted by molar-refractivity contribution is -0.137. The summed E-state index contributed by atoms with van der Waals surface area (Å²) in [4.78, 5) is 56.9. The van der Waals surface area contributed by atoms with Crippen LogP contribution in [0.15, 0.2) is 82.6 Å². The van der Waals surface area contributed by atoms with E-state index >= 15 is 0 Å². The average Bonchev–Trinajstić information content (AvgIpc) is 3.44. The Morgan fingerprint density at radius 1 is 0.978 bits per heavy atom. The van der Waals surface area contributed by atoms with Gasteiger partial charge in [-0.3, -0.25) is 23.7 Å². The van der Waals surface area contributed by atoms with Gasteiger partial charge in [0.25, 0.3) is 0 Å². The first kappa shape index (κ1) is 30.5. The second-order valence-corrected chi connectivity index (χ2v) is 12.9. The number of anilines is 3. The van der Waals surface area contributed by atoms with Crippen molar-refractivity contribution in [3.63, 3.8) is 0 Å². The van der Waals surface area contributed by atoms with Gasteiger partial charge in [-0.2, -0.15) is 13.2 Å². The van der Waals surface area contributed by atoms with Crippen LogP contribution in [0.3, 0.4) is 0 Å². The van der Waals surface area contributed by atoms with Crippen LogP contribution in [-0.2, 0) is 27.1 Å². The number of amides is 3. The van der Waals surface area contributed by atoms with Gasteiger partial charge in [0.05, 0.1) is 22.2 Å². The van der Waals surface area contributed by atoms with E-state index in [0.717, 1.165) is 51.9 Å². The van der Waals surface area contributed by atoms with Crippen molar-refractivity contribution < 1.29 is 32.7 Å². The smallest absolute Gasteiger partial charge is 0.416 e. The van der Waals surface area contributed by atoms with Gasteiger partial charge in [-0.15, -0.1) is 0 Å². The number of imide groups is 1. The van der Waals surface area contributed by atoms with Crippen LogP contribution in [-0.4, -0.2) is 46.7 Å². The molecule has 3 heterocycles. The van der Waals surface area contributed by atoms with E-state index in [1.807, 2.05) is 31.1 Å². The summed E-state index contributed by atoms with van der Waals surface area (Å²) in [6.07, 6.45) is -4.68. The standard InChI is InChI=1S/C31H25F3N4O5S2/c1-36(2)19-10-6-16(7-11-19)23-24-25(28(42)38(27(24)41)20-5-3-4-17(14-20)31(32,33)34)44-29-26(23)45-30(43)37(29)15-22(40)35-18-8-12-21(39)13-9-18/h3-14,23-25,39H,15H2,1-2H3,(H,35,40)/t23-,24-,25+/m0/s1. The lowest BCUT2D eigenvalue weighted by Crippen LogP contribution is -2.33. The maximum Gasteiger partial charge on any atom is 0.416 e. The number of carbonyl (C=O) groups excluding carboxylic acids is 3. The molecule has 1 fully saturated rings. The van der Waals surface area contributed by atoms with Crippen molar-refractivity contribution in [3.05, 3.63) is 98.5 Å². The summed E-state index contributed by atoms with van der Waals surface area (Å²) in [6.45, 7) is -0.387. The van der Waals surface area contributed by atoms with Crippen molar-refractivity contribution in [2.24, 2.45) is 5.92 Å². The number of thiazole rings is 1. The predicted octanol–water partition coefficient (Wildman–Crippen LogP) is 5.13. The zero-order valence-corrected chi connectivity index (χ0v) is 25.4. The fourth-order valence-corrected chi connectivity index (χ4v) is 8.33. The second kappa shape index (κ2) is 11.4. The Hall–Kier alpha value is -4.56. The largest absolute Gasteiger partial charge is 0.508 e. The van der Waals surface area contributed by atoms with Crippen LogP contribution >= 0.6 is 23.1 Å². The highest BCUT2D eigenvalue weighted by atomic mass is 32.2. The average molecular weight is 655 g/mol. The minimum absolute atomic E-state index is 0.0155. The molecule has 2 N–H and O–H groups in total. The van der Waals surface area contributed by atoms with Gasteiger partial charge in [0.2, 0.25) is 17.7 Å². The van der Waals surface area contributed by atoms with Gasteiger partial charge in [0, 0.05) is 36.3 Å². The molecule has 14 heteroatoms. The first-order chi connectivity index (χ1) is 21.3. The van der Waals surface area contributed by atoms with Crippen LogP contribution in [0.2, 0.25) is 0 Å². The third-order valence-electron chi connectivity index (χ3n) is 7.70. The van der Waals surface area contributed by atoms with Crippen LogP contribution in [0.5, 0.6) is 5.75 Å². The zero-order chi connectivity index (χ0) is 32.2. The van der Waals surface area contributed by atoms with Gasteiger partial charge in [0.15, 0.2) is 0 Å². The Balaban J connectivity index is 1.41. The molecule has 0 saturated carbocycles. The molecule has 1 saturated heterocycles. The van der Waals surface area contributed by atoms with Gasteiger partial charge in [0.1, 0.15) is 17.5 Å². The summed E-state index contributed by atoms with van der Waals surface area (Å²) >= 11 is 1.84. The maximum atomic E-state index is 14.0. The minimum Gasteiger partial charge on any atom is -0.508 e. The zero-order valence-electron chi connectivity index (χ0n) is 23.7. The fourth-order valence-electron chi connectivity index (χ4n) is 5.56. The fraction of sp³-hybridized carbons (Fsp3) is 0.226. The number of aromatic hydroxyl groups is 1. The normalized spacial score (nSPS) is 19.3. The first-order valence-electron chi connectivity index (χ1n) is 13.6. The molecule has 9 nitrogen and oxygen atoms in total. The third kappa shape index (κ3) is 5.59. The Labute approximate surface area is 262 Å². The van der Waals surface area contributed by atoms with E-state index in [4.69, 9.17) is 0 Å². The molecular weight excluding hydrogens is 629 g/mol. The number of thioether (sulfide) groups is 1. The number of phenolic OH excluding ortho intramolecular Hbond substituents is 1. The molecule has 0 bridgehead atoms. The molecule has 232 valence electrons. The number of benzene rings is 3. The third-order valence-corrected chi connectivity index (χ3v) is 10.3. The Morgan fingerprint density at radius 3 is 2.31 bits per heavy atom. The number of rotatable bonds is 6. The molecule has 4 aromatic rings. The highest BCUT2D eigenvalue weighted by Crippen LogP contribution is 2.54. The molecule has 0 radical (unpaired) electrons. The molecule has 2 aliphatic heterocycles. The van der Waals surface area contributed by atoms with Crippen LogP contribution < -0.4 is 20.0 Å². The Bertz CT molecular complexity index is 1870. The van der Waals surface area contributed by atoms with E-state index in [1.54, 1.807) is 12.1 Å². The van der Waals surface area contributed by atoms with Crippen molar-refractivity contribution in [2.75, 3.05) is 29.2 Å². The van der Waals surface area contributed by atoms with Crippen molar-refractivity contribution in [1.82, 2.24) is 4.57 Å². The van der Waals surface area contributed by atoms with Gasteiger partial charge in [-0.25, -0.2) is 4.90 Å². The molecule has 2 aliphatic rings. The summed E-state index contributed by atoms with van der Waals surface area (Å²) in [5.74, 6) is -3.66. The second-order valence-electron chi connectivity index (χ2n) is 10.8. The maximum absolute atomic E-state index is 14.0. The number of phenols is 1. The number of hydrogen-bond acceptors (Lipinski definition) is 8. The quantitative estimate of drug-likeness (QED) is 0.219. The molecule has 0 spiro atoms. The summed E-state index contributed by atoms with van der Waals surface area (Å²) in [7, 11) is 3.73. The molecule has 1 aromatic heterocycles. The van der Waals surface area contributed by atoms with Gasteiger partial charge in [-0.05, 0) is 60.2 Å². The Morgan fingerprint density at radius 2 is 1.67 bits per heavy atom. The van der Waals surface area contributed by atoms with Crippen molar-refractivity contribution in [2.45, 2.75) is 28.9 Å². The number of aromatic nitrogens is 1. The van der Waals surface area contributed by atoms with E-state index in [2.05, 4.69) is 5.32 Å². The van der Waals surface area contributed by atoms with Gasteiger partial charge < -0.3 is 15.3 Å². The van der Waals surface area contributed by atoms with E-state index in [1.165, 1.54) is 34.9 Å². The summed E-state index contributed by atoms with van der Waals surface area (Å²) in [6, 6.07) is 17.1. The molecule has 3 amide bonds. The molecule has 6 rings (SSSR count). The van der Waals surface area contributed by atoms with Crippen LogP contribution in [0.25, 0.3) is 0 Å². The van der Waals surface area contributed by atoms with Crippen molar-refractivity contribution in [1.29, 1.82) is 0 Å². The monoisotopic (exact) mass is 654 g/mol. The lowest BCUT2D eigenvalue weighted by Gasteiger charge is -2.31. The molecule has 3 atom stereocenters. The number of fused-ring (bicyclic) bond motifs is 2. The molecule has 45 heavy (non-hydrogen) atoms. The van der Waals surface area contributed by atoms with Gasteiger partial charge >= 0.3 is 11.0 Å². The van der Waals surface area contributed by atoms with Gasteiger partial charge in [-0.1, -0.05) is 41.3 Å². The topological polar surface area (TPSA) is 112 Å². The van der Waals surface area contributed by atoms with Crippen molar-refractivity contribution in [3.8, 4) is 5.75 Å². The van der Waals surface area contributed by atoms with E-state index in [0.29, 0.717) is 21.2 Å². The van der Waals surface area contributed by atoms with E-state index < -0.39 is 51.4 Å². The number of carbonyl (C=O) groups is 3. The van der Waals surface area contributed by atoms with E-state index in [-0.39, 0.29) is 18.0 Å². The van der Waals surface area contributed by atoms with Crippen LogP contribution in [0.1, 0.15) is 21.9 Å². The lowest BCUT2D eigenvalue weighted by atomic mass is 9.83. The number of halogens is 3. The summed E-state index contributed by atoms with van der Waals surface area (Å²) in [5.41, 5.74) is 0.731. The predicted molar refractivity (Wildman–Crippen MR) is 165 cm³/mol. The molecule has 3 aromatic carbocycles. The highest BCUT2D eigenvalue weighted by Gasteiger charge is 2.57. The number of nitrogens with one attached hydrogen (secondary N) is 1. The van der Waals surface area contributed by atoms with Crippen LogP contribution in [0, 0.1) is 5.92 Å². The number of hydrogen-bond donors (Lipinski definition) is 2. The van der Waals surface area contributed by atoms with Crippen LogP contribution in [0.4, 0.5) is 30.2 Å². The molecule has 0 aliphatic carbocycles. The SMILES string of the molecule is CN(C)c1ccc([C@@H]2c3sc(=O)n(CC(=O)Nc4ccc(O)cc4)c3S[C@H]3C(=O)N(c4cccc(C(F)(F)F)c4)C(=O)[C@@H]23)cc1. The number of nitrogens with zero attached hydrogens (tertiary/aromatic N) is 3. The molecular formula is C31H25F3N4O5S2. The minimum atomic E-state index is -4.68. The number of alkyl halides is 3. The van der Waals surface area contributed by atoms with E-state index in [9.17, 15) is 37.5 Å². The summed E-state index contributed by atoms with van der Waals surface area (Å²) in [5, 5.41) is 11.5. The molecule has 0 unspecified atom stereocenters. The summed E-state index contributed by atoms with van der Waals surface area (Å²) < 4.78 is 41.8. The Kier molecular flexibility index (Phi) is 7.73. The van der Waals surface area contributed by atoms with Crippen molar-refractivity contribution >= 4 is 57.9 Å². The first-order valence-corrected chi connectivity index (χ1v) is 15.3.